The van der Waals surface area contributed by atoms with E-state index in [4.69, 9.17) is 4.74 Å². The lowest BCUT2D eigenvalue weighted by molar-refractivity contribution is -0.126. The summed E-state index contributed by atoms with van der Waals surface area (Å²) in [4.78, 5) is 34.0. The second-order valence-corrected chi connectivity index (χ2v) is 6.62. The maximum absolute atomic E-state index is 11.5. The van der Waals surface area contributed by atoms with Crippen LogP contribution in [0.3, 0.4) is 0 Å². The minimum absolute atomic E-state index is 0.137. The molecular formula is C15H29N5O4. The molecule has 9 heteroatoms. The molecule has 0 radical (unpaired) electrons. The first-order valence-electron chi connectivity index (χ1n) is 8.24. The SMILES string of the molecule is CC(C)(C)OC(=O)N1CCNCC1.O=CNNC(=O)C1CCCN1. The summed E-state index contributed by atoms with van der Waals surface area (Å²) >= 11 is 0. The number of hydrazine groups is 1. The molecular weight excluding hydrogens is 314 g/mol. The van der Waals surface area contributed by atoms with Crippen LogP contribution in [0.15, 0.2) is 0 Å². The lowest BCUT2D eigenvalue weighted by Gasteiger charge is -2.30. The van der Waals surface area contributed by atoms with Crippen LogP contribution in [0.25, 0.3) is 0 Å². The van der Waals surface area contributed by atoms with E-state index < -0.39 is 0 Å². The summed E-state index contributed by atoms with van der Waals surface area (Å²) in [6.07, 6.45) is 2.09. The first-order chi connectivity index (χ1) is 11.3. The Labute approximate surface area is 142 Å². The predicted molar refractivity (Wildman–Crippen MR) is 89.0 cm³/mol. The normalized spacial score (nSPS) is 20.5. The Morgan fingerprint density at radius 1 is 1.21 bits per heavy atom. The average molecular weight is 343 g/mol. The summed E-state index contributed by atoms with van der Waals surface area (Å²) in [5, 5.41) is 6.18. The fourth-order valence-electron chi connectivity index (χ4n) is 2.27. The summed E-state index contributed by atoms with van der Waals surface area (Å²) in [7, 11) is 0. The van der Waals surface area contributed by atoms with Gasteiger partial charge in [-0.15, -0.1) is 0 Å². The van der Waals surface area contributed by atoms with Crippen molar-refractivity contribution in [3.8, 4) is 0 Å². The molecule has 0 spiro atoms. The van der Waals surface area contributed by atoms with Gasteiger partial charge in [-0.05, 0) is 40.2 Å². The van der Waals surface area contributed by atoms with E-state index in [9.17, 15) is 14.4 Å². The van der Waals surface area contributed by atoms with Crippen molar-refractivity contribution in [1.29, 1.82) is 0 Å². The molecule has 0 saturated carbocycles. The van der Waals surface area contributed by atoms with Crippen LogP contribution >= 0.6 is 0 Å². The first kappa shape index (κ1) is 20.2. The molecule has 2 rings (SSSR count). The molecule has 0 aromatic heterocycles. The Morgan fingerprint density at radius 2 is 1.88 bits per heavy atom. The molecule has 2 heterocycles. The van der Waals surface area contributed by atoms with Crippen LogP contribution in [-0.4, -0.2) is 67.7 Å². The predicted octanol–water partition coefficient (Wildman–Crippen LogP) is -0.658. The monoisotopic (exact) mass is 343 g/mol. The molecule has 0 aromatic carbocycles. The Balaban J connectivity index is 0.000000243. The number of hydrogen-bond acceptors (Lipinski definition) is 6. The first-order valence-corrected chi connectivity index (χ1v) is 8.24. The Bertz CT molecular complexity index is 413. The number of amides is 3. The number of nitrogens with zero attached hydrogens (tertiary/aromatic N) is 1. The molecule has 1 atom stereocenters. The fraction of sp³-hybridized carbons (Fsp3) is 0.800. The third-order valence-corrected chi connectivity index (χ3v) is 3.40. The quantitative estimate of drug-likeness (QED) is 0.400. The summed E-state index contributed by atoms with van der Waals surface area (Å²) in [6.45, 7) is 9.73. The molecule has 1 unspecified atom stereocenters. The third-order valence-electron chi connectivity index (χ3n) is 3.40. The maximum Gasteiger partial charge on any atom is 0.410 e. The zero-order chi connectivity index (χ0) is 18.0. The fourth-order valence-corrected chi connectivity index (χ4v) is 2.27. The summed E-state index contributed by atoms with van der Waals surface area (Å²) in [5.41, 5.74) is 3.97. The summed E-state index contributed by atoms with van der Waals surface area (Å²) in [6, 6.07) is -0.137. The summed E-state index contributed by atoms with van der Waals surface area (Å²) < 4.78 is 5.24. The Kier molecular flexibility index (Phi) is 8.48. The van der Waals surface area contributed by atoms with Gasteiger partial charge < -0.3 is 20.3 Å². The molecule has 24 heavy (non-hydrogen) atoms. The van der Waals surface area contributed by atoms with E-state index in [0.717, 1.165) is 45.6 Å². The van der Waals surface area contributed by atoms with Crippen LogP contribution in [0, 0.1) is 0 Å². The van der Waals surface area contributed by atoms with Crippen LogP contribution < -0.4 is 21.5 Å². The minimum atomic E-state index is -0.387. The molecule has 0 aliphatic carbocycles. The second kappa shape index (κ2) is 10.1. The number of hydrogen-bond donors (Lipinski definition) is 4. The zero-order valence-corrected chi connectivity index (χ0v) is 14.7. The Morgan fingerprint density at radius 3 is 2.38 bits per heavy atom. The zero-order valence-electron chi connectivity index (χ0n) is 14.7. The van der Waals surface area contributed by atoms with E-state index >= 15 is 0 Å². The van der Waals surface area contributed by atoms with Crippen LogP contribution in [0.4, 0.5) is 4.79 Å². The van der Waals surface area contributed by atoms with E-state index in [1.807, 2.05) is 20.8 Å². The molecule has 2 saturated heterocycles. The Hall–Kier alpha value is -1.87. The number of carbonyl (C=O) groups is 3. The van der Waals surface area contributed by atoms with E-state index in [2.05, 4.69) is 21.5 Å². The minimum Gasteiger partial charge on any atom is -0.444 e. The van der Waals surface area contributed by atoms with Gasteiger partial charge in [0.25, 0.3) is 5.91 Å². The largest absolute Gasteiger partial charge is 0.444 e. The smallest absolute Gasteiger partial charge is 0.410 e. The molecule has 2 aliphatic rings. The number of piperazine rings is 1. The lowest BCUT2D eigenvalue weighted by atomic mass is 10.2. The van der Waals surface area contributed by atoms with Crippen molar-refractivity contribution >= 4 is 18.4 Å². The van der Waals surface area contributed by atoms with Crippen LogP contribution in [-0.2, 0) is 14.3 Å². The van der Waals surface area contributed by atoms with Gasteiger partial charge in [0.2, 0.25) is 6.41 Å². The van der Waals surface area contributed by atoms with Gasteiger partial charge in [0.1, 0.15) is 5.60 Å². The lowest BCUT2D eigenvalue weighted by Crippen LogP contribution is -2.48. The highest BCUT2D eigenvalue weighted by Gasteiger charge is 2.23. The van der Waals surface area contributed by atoms with Gasteiger partial charge in [0.15, 0.2) is 0 Å². The van der Waals surface area contributed by atoms with Crippen molar-refractivity contribution in [2.24, 2.45) is 0 Å². The summed E-state index contributed by atoms with van der Waals surface area (Å²) in [5.74, 6) is -0.172. The molecule has 9 nitrogen and oxygen atoms in total. The number of nitrogens with one attached hydrogen (secondary N) is 4. The molecule has 3 amide bonds. The van der Waals surface area contributed by atoms with E-state index in [-0.39, 0.29) is 23.6 Å². The average Bonchev–Trinajstić information content (AvgIpc) is 3.07. The topological polar surface area (TPSA) is 112 Å². The van der Waals surface area contributed by atoms with Gasteiger partial charge in [-0.2, -0.15) is 0 Å². The van der Waals surface area contributed by atoms with E-state index in [1.54, 1.807) is 4.90 Å². The van der Waals surface area contributed by atoms with Crippen molar-refractivity contribution < 1.29 is 19.1 Å². The molecule has 0 aromatic rings. The van der Waals surface area contributed by atoms with Gasteiger partial charge in [-0.1, -0.05) is 0 Å². The molecule has 0 bridgehead atoms. The van der Waals surface area contributed by atoms with Gasteiger partial charge in [0, 0.05) is 26.2 Å². The van der Waals surface area contributed by atoms with Crippen LogP contribution in [0.1, 0.15) is 33.6 Å². The van der Waals surface area contributed by atoms with Gasteiger partial charge in [0.05, 0.1) is 6.04 Å². The number of carbonyl (C=O) groups excluding carboxylic acids is 3. The third kappa shape index (κ3) is 8.11. The van der Waals surface area contributed by atoms with Gasteiger partial charge in [-0.3, -0.25) is 20.4 Å². The van der Waals surface area contributed by atoms with Crippen molar-refractivity contribution in [1.82, 2.24) is 26.4 Å². The second-order valence-electron chi connectivity index (χ2n) is 6.62. The highest BCUT2D eigenvalue weighted by atomic mass is 16.6. The molecule has 2 fully saturated rings. The maximum atomic E-state index is 11.5. The molecule has 138 valence electrons. The van der Waals surface area contributed by atoms with Crippen molar-refractivity contribution in [2.45, 2.75) is 45.3 Å². The van der Waals surface area contributed by atoms with Crippen molar-refractivity contribution in [3.63, 3.8) is 0 Å². The van der Waals surface area contributed by atoms with Crippen molar-refractivity contribution in [3.05, 3.63) is 0 Å². The van der Waals surface area contributed by atoms with Gasteiger partial charge >= 0.3 is 6.09 Å². The van der Waals surface area contributed by atoms with E-state index in [0.29, 0.717) is 6.41 Å². The van der Waals surface area contributed by atoms with Gasteiger partial charge in [-0.25, -0.2) is 4.79 Å². The molecule has 4 N–H and O–H groups in total. The highest BCUT2D eigenvalue weighted by Crippen LogP contribution is 2.10. The number of ether oxygens (including phenoxy) is 1. The molecule has 2 aliphatic heterocycles. The van der Waals surface area contributed by atoms with Crippen LogP contribution in [0.2, 0.25) is 0 Å². The van der Waals surface area contributed by atoms with E-state index in [1.165, 1.54) is 0 Å². The standard InChI is InChI=1S/C9H18N2O2.C6H11N3O2/c1-9(2,3)13-8(12)11-6-4-10-5-7-11;10-4-8-9-6(11)5-2-1-3-7-5/h10H,4-7H2,1-3H3;4-5,7H,1-3H2,(H,8,10)(H,9,11). The highest BCUT2D eigenvalue weighted by molar-refractivity contribution is 5.82. The van der Waals surface area contributed by atoms with Crippen LogP contribution in [0.5, 0.6) is 0 Å². The number of rotatable bonds is 3. The van der Waals surface area contributed by atoms with Crippen molar-refractivity contribution in [2.75, 3.05) is 32.7 Å².